The van der Waals surface area contributed by atoms with Crippen LogP contribution in [0, 0.1) is 10.1 Å². The van der Waals surface area contributed by atoms with Crippen LogP contribution in [0.4, 0.5) is 5.82 Å². The summed E-state index contributed by atoms with van der Waals surface area (Å²) in [4.78, 5) is 19.9. The lowest BCUT2D eigenvalue weighted by Gasteiger charge is -1.94. The minimum atomic E-state index is -0.990. The van der Waals surface area contributed by atoms with Gasteiger partial charge in [0.2, 0.25) is 0 Å². The van der Waals surface area contributed by atoms with Gasteiger partial charge in [-0.05, 0) is 11.3 Å². The van der Waals surface area contributed by atoms with Gasteiger partial charge >= 0.3 is 11.8 Å². The fourth-order valence-electron chi connectivity index (χ4n) is 0.887. The molecule has 1 rings (SSSR count). The number of hydrogen-bond acceptors (Lipinski definition) is 4. The Bertz CT molecular complexity index is 332. The number of aliphatic carboxylic acids is 1. The Morgan fingerprint density at radius 1 is 1.77 bits per heavy atom. The summed E-state index contributed by atoms with van der Waals surface area (Å²) >= 11 is 0. The topological polar surface area (TPSA) is 109 Å². The Morgan fingerprint density at radius 3 is 3.00 bits per heavy atom. The van der Waals surface area contributed by atoms with Crippen LogP contribution < -0.4 is 0 Å². The van der Waals surface area contributed by atoms with Crippen molar-refractivity contribution in [2.75, 3.05) is 0 Å². The fourth-order valence-corrected chi connectivity index (χ4v) is 0.887. The van der Waals surface area contributed by atoms with E-state index >= 15 is 0 Å². The molecule has 0 aliphatic heterocycles. The second-order valence-corrected chi connectivity index (χ2v) is 2.39. The molecule has 7 heteroatoms. The monoisotopic (exact) mass is 185 g/mol. The van der Waals surface area contributed by atoms with Gasteiger partial charge in [0, 0.05) is 6.42 Å². The summed E-state index contributed by atoms with van der Waals surface area (Å²) < 4.78 is 0. The average molecular weight is 185 g/mol. The lowest BCUT2D eigenvalue weighted by molar-refractivity contribution is -0.390. The van der Waals surface area contributed by atoms with Gasteiger partial charge in [-0.3, -0.25) is 4.79 Å². The van der Waals surface area contributed by atoms with Crippen molar-refractivity contribution < 1.29 is 14.8 Å². The Morgan fingerprint density at radius 2 is 2.46 bits per heavy atom. The molecule has 0 unspecified atom stereocenters. The van der Waals surface area contributed by atoms with Crippen molar-refractivity contribution in [3.05, 3.63) is 21.9 Å². The molecule has 0 saturated heterocycles. The lowest BCUT2D eigenvalue weighted by atomic mass is 10.2. The van der Waals surface area contributed by atoms with Gasteiger partial charge in [-0.15, -0.1) is 5.10 Å². The number of nitrogens with zero attached hydrogens (tertiary/aromatic N) is 2. The molecule has 1 heterocycles. The highest BCUT2D eigenvalue weighted by Gasteiger charge is 2.14. The molecule has 1 aromatic rings. The molecule has 0 fully saturated rings. The molecule has 70 valence electrons. The first-order chi connectivity index (χ1) is 6.11. The SMILES string of the molecule is O=C(O)CCc1cn[nH]c1[N+](=O)[O-]. The number of nitrogens with one attached hydrogen (secondary N) is 1. The zero-order valence-electron chi connectivity index (χ0n) is 6.56. The minimum Gasteiger partial charge on any atom is -0.481 e. The van der Waals surface area contributed by atoms with Gasteiger partial charge in [-0.25, -0.2) is 0 Å². The van der Waals surface area contributed by atoms with Crippen LogP contribution >= 0.6 is 0 Å². The van der Waals surface area contributed by atoms with Gasteiger partial charge in [0.15, 0.2) is 0 Å². The van der Waals surface area contributed by atoms with Gasteiger partial charge in [0.1, 0.15) is 0 Å². The predicted molar refractivity (Wildman–Crippen MR) is 41.2 cm³/mol. The van der Waals surface area contributed by atoms with Crippen LogP contribution in [0.15, 0.2) is 6.20 Å². The molecule has 0 bridgehead atoms. The number of aromatic amines is 1. The highest BCUT2D eigenvalue weighted by Crippen LogP contribution is 2.14. The molecule has 0 aromatic carbocycles. The Labute approximate surface area is 72.5 Å². The predicted octanol–water partition coefficient (Wildman–Crippen LogP) is 0.335. The summed E-state index contributed by atoms with van der Waals surface area (Å²) in [6.45, 7) is 0. The summed E-state index contributed by atoms with van der Waals surface area (Å²) in [7, 11) is 0. The van der Waals surface area contributed by atoms with Gasteiger partial charge in [-0.2, -0.15) is 0 Å². The number of nitro groups is 1. The van der Waals surface area contributed by atoms with E-state index in [9.17, 15) is 14.9 Å². The number of carbonyl (C=O) groups is 1. The van der Waals surface area contributed by atoms with E-state index in [1.807, 2.05) is 0 Å². The van der Waals surface area contributed by atoms with Crippen LogP contribution in [0.25, 0.3) is 0 Å². The normalized spacial score (nSPS) is 9.85. The summed E-state index contributed by atoms with van der Waals surface area (Å²) in [5.74, 6) is -1.23. The van der Waals surface area contributed by atoms with E-state index in [0.29, 0.717) is 5.56 Å². The molecule has 0 radical (unpaired) electrons. The molecule has 0 aliphatic carbocycles. The van der Waals surface area contributed by atoms with E-state index in [0.717, 1.165) is 0 Å². The van der Waals surface area contributed by atoms with E-state index in [1.165, 1.54) is 6.20 Å². The van der Waals surface area contributed by atoms with Crippen LogP contribution in [0.5, 0.6) is 0 Å². The molecule has 0 saturated carbocycles. The number of aromatic nitrogens is 2. The second kappa shape index (κ2) is 3.65. The van der Waals surface area contributed by atoms with Gasteiger partial charge in [-0.1, -0.05) is 5.10 Å². The molecule has 0 spiro atoms. The number of H-pyrrole nitrogens is 1. The summed E-state index contributed by atoms with van der Waals surface area (Å²) in [6.07, 6.45) is 1.24. The number of carboxylic acid groups (broad SMARTS) is 1. The maximum atomic E-state index is 10.3. The van der Waals surface area contributed by atoms with E-state index in [4.69, 9.17) is 5.11 Å². The Hall–Kier alpha value is -1.92. The van der Waals surface area contributed by atoms with Crippen LogP contribution in [0.1, 0.15) is 12.0 Å². The van der Waals surface area contributed by atoms with Crippen LogP contribution in [0.3, 0.4) is 0 Å². The smallest absolute Gasteiger partial charge is 0.345 e. The van der Waals surface area contributed by atoms with E-state index in [2.05, 4.69) is 10.2 Å². The molecule has 7 nitrogen and oxygen atoms in total. The van der Waals surface area contributed by atoms with Gasteiger partial charge < -0.3 is 15.2 Å². The highest BCUT2D eigenvalue weighted by atomic mass is 16.6. The zero-order valence-corrected chi connectivity index (χ0v) is 6.56. The number of hydrogen-bond donors (Lipinski definition) is 2. The molecule has 0 amide bonds. The third-order valence-corrected chi connectivity index (χ3v) is 1.49. The van der Waals surface area contributed by atoms with Crippen molar-refractivity contribution in [2.45, 2.75) is 12.8 Å². The fraction of sp³-hybridized carbons (Fsp3) is 0.333. The minimum absolute atomic E-state index is 0.113. The highest BCUT2D eigenvalue weighted by molar-refractivity contribution is 5.67. The summed E-state index contributed by atoms with van der Waals surface area (Å²) in [6, 6.07) is 0. The zero-order chi connectivity index (χ0) is 9.84. The Balaban J connectivity index is 2.71. The maximum Gasteiger partial charge on any atom is 0.345 e. The lowest BCUT2D eigenvalue weighted by Crippen LogP contribution is -1.99. The first-order valence-electron chi connectivity index (χ1n) is 3.49. The molecule has 2 N–H and O–H groups in total. The van der Waals surface area contributed by atoms with Crippen molar-refractivity contribution in [3.8, 4) is 0 Å². The summed E-state index contributed by atoms with van der Waals surface area (Å²) in [5, 5.41) is 24.3. The average Bonchev–Trinajstić information content (AvgIpc) is 2.47. The van der Waals surface area contributed by atoms with Crippen LogP contribution in [-0.2, 0) is 11.2 Å². The molecule has 0 atom stereocenters. The van der Waals surface area contributed by atoms with E-state index in [1.54, 1.807) is 0 Å². The van der Waals surface area contributed by atoms with Crippen molar-refractivity contribution in [2.24, 2.45) is 0 Å². The number of aryl methyl sites for hydroxylation is 1. The first kappa shape index (κ1) is 9.17. The van der Waals surface area contributed by atoms with E-state index < -0.39 is 10.9 Å². The molecule has 13 heavy (non-hydrogen) atoms. The van der Waals surface area contributed by atoms with Crippen LogP contribution in [0.2, 0.25) is 0 Å². The second-order valence-electron chi connectivity index (χ2n) is 2.39. The van der Waals surface area contributed by atoms with Gasteiger partial charge in [0.25, 0.3) is 0 Å². The quantitative estimate of drug-likeness (QED) is 0.519. The third-order valence-electron chi connectivity index (χ3n) is 1.49. The number of carboxylic acids is 1. The van der Waals surface area contributed by atoms with Crippen molar-refractivity contribution in [1.82, 2.24) is 10.2 Å². The van der Waals surface area contributed by atoms with Gasteiger partial charge in [0.05, 0.1) is 11.8 Å². The van der Waals surface area contributed by atoms with Crippen molar-refractivity contribution in [1.29, 1.82) is 0 Å². The number of rotatable bonds is 4. The molecule has 0 aliphatic rings. The van der Waals surface area contributed by atoms with Crippen LogP contribution in [-0.4, -0.2) is 26.2 Å². The summed E-state index contributed by atoms with van der Waals surface area (Å²) in [5.41, 5.74) is 0.312. The largest absolute Gasteiger partial charge is 0.481 e. The molecule has 1 aromatic heterocycles. The standard InChI is InChI=1S/C6H7N3O4/c10-5(11)2-1-4-3-7-8-6(4)9(12)13/h3H,1-2H2,(H,7,8)(H,10,11). The maximum absolute atomic E-state index is 10.3. The first-order valence-corrected chi connectivity index (χ1v) is 3.49. The third kappa shape index (κ3) is 2.26. The van der Waals surface area contributed by atoms with Crippen molar-refractivity contribution >= 4 is 11.8 Å². The molecular weight excluding hydrogens is 178 g/mol. The van der Waals surface area contributed by atoms with Crippen molar-refractivity contribution in [3.63, 3.8) is 0 Å². The Kier molecular flexibility index (Phi) is 2.58. The molecular formula is C6H7N3O4. The van der Waals surface area contributed by atoms with E-state index in [-0.39, 0.29) is 18.7 Å².